The third-order valence-electron chi connectivity index (χ3n) is 4.45. The Morgan fingerprint density at radius 3 is 2.42 bits per heavy atom. The number of benzene rings is 2. The van der Waals surface area contributed by atoms with E-state index < -0.39 is 47.9 Å². The van der Waals surface area contributed by atoms with Gasteiger partial charge < -0.3 is 15.4 Å². The van der Waals surface area contributed by atoms with Gasteiger partial charge in [0.1, 0.15) is 23.7 Å². The lowest BCUT2D eigenvalue weighted by Crippen LogP contribution is -2.42. The first-order valence-electron chi connectivity index (χ1n) is 8.64. The van der Waals surface area contributed by atoms with Gasteiger partial charge in [0.05, 0.1) is 5.02 Å². The zero-order valence-corrected chi connectivity index (χ0v) is 16.5. The molecule has 12 heteroatoms. The van der Waals surface area contributed by atoms with Crippen LogP contribution in [-0.2, 0) is 15.1 Å². The Kier molecular flexibility index (Phi) is 5.81. The number of halogens is 5. The first-order valence-corrected chi connectivity index (χ1v) is 9.02. The highest BCUT2D eigenvalue weighted by atomic mass is 35.5. The van der Waals surface area contributed by atoms with Gasteiger partial charge in [-0.25, -0.2) is 9.18 Å². The van der Waals surface area contributed by atoms with Crippen LogP contribution in [0.3, 0.4) is 0 Å². The molecule has 0 bridgehead atoms. The summed E-state index contributed by atoms with van der Waals surface area (Å²) in [7, 11) is 0. The van der Waals surface area contributed by atoms with E-state index in [0.717, 1.165) is 24.3 Å². The maximum absolute atomic E-state index is 13.2. The Balaban J connectivity index is 1.72. The second-order valence-electron chi connectivity index (χ2n) is 6.70. The predicted octanol–water partition coefficient (Wildman–Crippen LogP) is 3.78. The van der Waals surface area contributed by atoms with Crippen molar-refractivity contribution in [1.29, 1.82) is 0 Å². The number of alkyl halides is 3. The van der Waals surface area contributed by atoms with Gasteiger partial charge in [-0.2, -0.15) is 0 Å². The highest BCUT2D eigenvalue weighted by Crippen LogP contribution is 2.31. The summed E-state index contributed by atoms with van der Waals surface area (Å²) in [5, 5.41) is 4.59. The highest BCUT2D eigenvalue weighted by Gasteiger charge is 2.49. The zero-order chi connectivity index (χ0) is 23.0. The molecular weight excluding hydrogens is 446 g/mol. The standard InChI is InChI=1S/C19H14ClF4N3O4/c1-18(10-2-5-12(6-3-10)31-19(22,23)24)16(29)27(17(30)26-18)9-15(28)25-11-4-7-14(21)13(20)8-11/h2-8H,9H2,1H3,(H,25,28)(H,26,30). The van der Waals surface area contributed by atoms with E-state index in [-0.39, 0.29) is 16.3 Å². The van der Waals surface area contributed by atoms with Gasteiger partial charge in [0, 0.05) is 5.69 Å². The van der Waals surface area contributed by atoms with Crippen LogP contribution in [0.5, 0.6) is 5.75 Å². The Hall–Kier alpha value is -3.34. The van der Waals surface area contributed by atoms with Gasteiger partial charge in [0.25, 0.3) is 5.91 Å². The molecule has 31 heavy (non-hydrogen) atoms. The van der Waals surface area contributed by atoms with E-state index in [0.29, 0.717) is 4.90 Å². The summed E-state index contributed by atoms with van der Waals surface area (Å²) >= 11 is 5.64. The van der Waals surface area contributed by atoms with Crippen LogP contribution in [0, 0.1) is 5.82 Å². The molecule has 2 aromatic carbocycles. The average Bonchev–Trinajstić information content (AvgIpc) is 2.88. The summed E-state index contributed by atoms with van der Waals surface area (Å²) in [4.78, 5) is 38.0. The lowest BCUT2D eigenvalue weighted by molar-refractivity contribution is -0.274. The molecule has 1 atom stereocenters. The lowest BCUT2D eigenvalue weighted by Gasteiger charge is -2.22. The summed E-state index contributed by atoms with van der Waals surface area (Å²) in [6.45, 7) is 0.703. The maximum atomic E-state index is 13.2. The van der Waals surface area contributed by atoms with E-state index in [2.05, 4.69) is 15.4 Å². The Morgan fingerprint density at radius 2 is 1.84 bits per heavy atom. The molecule has 1 aliphatic rings. The zero-order valence-electron chi connectivity index (χ0n) is 15.7. The number of imide groups is 1. The van der Waals surface area contributed by atoms with Crippen molar-refractivity contribution in [2.24, 2.45) is 0 Å². The number of urea groups is 1. The first-order chi connectivity index (χ1) is 14.4. The number of nitrogens with one attached hydrogen (secondary N) is 2. The van der Waals surface area contributed by atoms with E-state index in [4.69, 9.17) is 11.6 Å². The second kappa shape index (κ2) is 8.06. The second-order valence-corrected chi connectivity index (χ2v) is 7.10. The van der Waals surface area contributed by atoms with Crippen LogP contribution in [0.15, 0.2) is 42.5 Å². The van der Waals surface area contributed by atoms with Crippen LogP contribution in [0.1, 0.15) is 12.5 Å². The first kappa shape index (κ1) is 22.3. The molecule has 2 N–H and O–H groups in total. The van der Waals surface area contributed by atoms with Gasteiger partial charge in [0.15, 0.2) is 0 Å². The van der Waals surface area contributed by atoms with E-state index in [1.54, 1.807) is 0 Å². The lowest BCUT2D eigenvalue weighted by atomic mass is 9.92. The molecule has 7 nitrogen and oxygen atoms in total. The van der Waals surface area contributed by atoms with Crippen molar-refractivity contribution < 1.29 is 36.7 Å². The van der Waals surface area contributed by atoms with Gasteiger partial charge in [-0.3, -0.25) is 14.5 Å². The number of amides is 4. The fourth-order valence-corrected chi connectivity index (χ4v) is 3.12. The van der Waals surface area contributed by atoms with E-state index in [1.165, 1.54) is 25.1 Å². The molecule has 1 saturated heterocycles. The smallest absolute Gasteiger partial charge is 0.406 e. The molecule has 0 radical (unpaired) electrons. The summed E-state index contributed by atoms with van der Waals surface area (Å²) in [6, 6.07) is 6.98. The van der Waals surface area contributed by atoms with E-state index in [9.17, 15) is 31.9 Å². The maximum Gasteiger partial charge on any atom is 0.573 e. The Morgan fingerprint density at radius 1 is 1.19 bits per heavy atom. The van der Waals surface area contributed by atoms with Crippen molar-refractivity contribution in [2.75, 3.05) is 11.9 Å². The van der Waals surface area contributed by atoms with Crippen LogP contribution in [-0.4, -0.2) is 35.7 Å². The predicted molar refractivity (Wildman–Crippen MR) is 101 cm³/mol. The van der Waals surface area contributed by atoms with Gasteiger partial charge in [0.2, 0.25) is 5.91 Å². The molecule has 0 aromatic heterocycles. The quantitative estimate of drug-likeness (QED) is 0.526. The molecule has 0 aliphatic carbocycles. The van der Waals surface area contributed by atoms with Gasteiger partial charge in [-0.15, -0.1) is 13.2 Å². The highest BCUT2D eigenvalue weighted by molar-refractivity contribution is 6.31. The summed E-state index contributed by atoms with van der Waals surface area (Å²) in [5.41, 5.74) is -1.26. The van der Waals surface area contributed by atoms with Crippen LogP contribution in [0.4, 0.5) is 28.0 Å². The van der Waals surface area contributed by atoms with Crippen LogP contribution in [0.2, 0.25) is 5.02 Å². The molecule has 1 aliphatic heterocycles. The van der Waals surface area contributed by atoms with Gasteiger partial charge in [-0.05, 0) is 42.8 Å². The molecule has 3 rings (SSSR count). The van der Waals surface area contributed by atoms with Gasteiger partial charge in [-0.1, -0.05) is 23.7 Å². The van der Waals surface area contributed by atoms with Crippen molar-refractivity contribution in [1.82, 2.24) is 10.2 Å². The number of hydrogen-bond donors (Lipinski definition) is 2. The Labute approximate surface area is 177 Å². The Bertz CT molecular complexity index is 1050. The summed E-state index contributed by atoms with van der Waals surface area (Å²) < 4.78 is 53.9. The number of carbonyl (C=O) groups excluding carboxylic acids is 3. The van der Waals surface area contributed by atoms with Crippen LogP contribution >= 0.6 is 11.6 Å². The number of anilines is 1. The largest absolute Gasteiger partial charge is 0.573 e. The number of ether oxygens (including phenoxy) is 1. The van der Waals surface area contributed by atoms with Crippen molar-refractivity contribution in [3.63, 3.8) is 0 Å². The minimum absolute atomic E-state index is 0.159. The van der Waals surface area contributed by atoms with Crippen molar-refractivity contribution >= 4 is 35.1 Å². The van der Waals surface area contributed by atoms with E-state index >= 15 is 0 Å². The van der Waals surface area contributed by atoms with Crippen molar-refractivity contribution in [3.05, 3.63) is 58.9 Å². The van der Waals surface area contributed by atoms with E-state index in [1.807, 2.05) is 0 Å². The summed E-state index contributed by atoms with van der Waals surface area (Å²) in [6.07, 6.45) is -4.87. The molecule has 1 fully saturated rings. The monoisotopic (exact) mass is 459 g/mol. The number of hydrogen-bond acceptors (Lipinski definition) is 4. The van der Waals surface area contributed by atoms with Crippen molar-refractivity contribution in [3.8, 4) is 5.75 Å². The van der Waals surface area contributed by atoms with Crippen LogP contribution < -0.4 is 15.4 Å². The summed E-state index contributed by atoms with van der Waals surface area (Å²) in [5.74, 6) is -2.71. The molecule has 164 valence electrons. The minimum Gasteiger partial charge on any atom is -0.406 e. The average molecular weight is 460 g/mol. The van der Waals surface area contributed by atoms with Crippen molar-refractivity contribution in [2.45, 2.75) is 18.8 Å². The number of nitrogens with zero attached hydrogens (tertiary/aromatic N) is 1. The van der Waals surface area contributed by atoms with Gasteiger partial charge >= 0.3 is 12.4 Å². The number of carbonyl (C=O) groups is 3. The third-order valence-corrected chi connectivity index (χ3v) is 4.73. The number of rotatable bonds is 5. The normalized spacial score (nSPS) is 18.7. The fraction of sp³-hybridized carbons (Fsp3) is 0.211. The minimum atomic E-state index is -4.87. The molecule has 0 spiro atoms. The molecular formula is C19H14ClF4N3O4. The SMILES string of the molecule is CC1(c2ccc(OC(F)(F)F)cc2)NC(=O)N(CC(=O)Nc2ccc(F)c(Cl)c2)C1=O. The molecule has 0 saturated carbocycles. The molecule has 4 amide bonds. The fourth-order valence-electron chi connectivity index (χ4n) is 2.94. The molecule has 1 heterocycles. The topological polar surface area (TPSA) is 87.7 Å². The molecule has 2 aromatic rings. The third kappa shape index (κ3) is 4.88. The van der Waals surface area contributed by atoms with Crippen LogP contribution in [0.25, 0.3) is 0 Å². The molecule has 1 unspecified atom stereocenters.